The van der Waals surface area contributed by atoms with Gasteiger partial charge in [-0.1, -0.05) is 65.3 Å². The monoisotopic (exact) mass is 430 g/mol. The number of rotatable bonds is 5. The minimum atomic E-state index is -0.786. The van der Waals surface area contributed by atoms with Crippen LogP contribution >= 0.6 is 24.0 Å². The molecule has 1 saturated heterocycles. The Bertz CT molecular complexity index is 931. The highest BCUT2D eigenvalue weighted by Gasteiger charge is 2.34. The second kappa shape index (κ2) is 9.59. The molecule has 0 aliphatic carbocycles. The lowest BCUT2D eigenvalue weighted by atomic mass is 9.84. The van der Waals surface area contributed by atoms with Gasteiger partial charge in [0.15, 0.2) is 5.76 Å². The number of hydrogen-bond acceptors (Lipinski definition) is 4. The molecule has 6 heteroatoms. The van der Waals surface area contributed by atoms with E-state index in [1.54, 1.807) is 0 Å². The molecule has 0 radical (unpaired) electrons. The summed E-state index contributed by atoms with van der Waals surface area (Å²) in [6.07, 6.45) is 5.35. The summed E-state index contributed by atoms with van der Waals surface area (Å²) in [7, 11) is 0. The van der Waals surface area contributed by atoms with Crippen molar-refractivity contribution in [2.24, 2.45) is 0 Å². The first-order chi connectivity index (χ1) is 13.6. The number of hydrogen-bond donors (Lipinski definition) is 1. The molecule has 2 heterocycles. The summed E-state index contributed by atoms with van der Waals surface area (Å²) >= 11 is 5.96. The SMILES string of the molecule is Cl.OC1(c2ccc(Cl)cc2)CCN(Cc2cc(C=Cc3ccccc3)no2)CC1. The van der Waals surface area contributed by atoms with Gasteiger partial charge in [-0.05, 0) is 42.2 Å². The van der Waals surface area contributed by atoms with Crippen LogP contribution in [-0.4, -0.2) is 28.3 Å². The number of piperidine rings is 1. The summed E-state index contributed by atoms with van der Waals surface area (Å²) in [5.74, 6) is 0.838. The van der Waals surface area contributed by atoms with Crippen molar-refractivity contribution in [3.8, 4) is 0 Å². The van der Waals surface area contributed by atoms with Gasteiger partial charge in [-0.15, -0.1) is 12.4 Å². The van der Waals surface area contributed by atoms with Crippen molar-refractivity contribution in [2.75, 3.05) is 13.1 Å². The van der Waals surface area contributed by atoms with E-state index < -0.39 is 5.60 Å². The molecule has 1 aliphatic rings. The van der Waals surface area contributed by atoms with Gasteiger partial charge in [0.1, 0.15) is 5.69 Å². The van der Waals surface area contributed by atoms with Gasteiger partial charge in [0.25, 0.3) is 0 Å². The number of benzene rings is 2. The fourth-order valence-electron chi connectivity index (χ4n) is 3.58. The highest BCUT2D eigenvalue weighted by molar-refractivity contribution is 6.30. The summed E-state index contributed by atoms with van der Waals surface area (Å²) in [5.41, 5.74) is 2.09. The maximum Gasteiger partial charge on any atom is 0.151 e. The van der Waals surface area contributed by atoms with Crippen LogP contribution in [0.3, 0.4) is 0 Å². The Morgan fingerprint density at radius 2 is 1.72 bits per heavy atom. The largest absolute Gasteiger partial charge is 0.385 e. The van der Waals surface area contributed by atoms with Gasteiger partial charge in [0.05, 0.1) is 12.1 Å². The standard InChI is InChI=1S/C23H23ClN2O2.ClH/c24-20-9-7-19(8-10-20)23(27)12-14-26(15-13-23)17-22-16-21(25-28-22)11-6-18-4-2-1-3-5-18;/h1-11,16,27H,12-15,17H2;1H. The van der Waals surface area contributed by atoms with Crippen LogP contribution in [0.1, 0.15) is 35.4 Å². The van der Waals surface area contributed by atoms with Crippen molar-refractivity contribution in [1.29, 1.82) is 0 Å². The van der Waals surface area contributed by atoms with Crippen LogP contribution < -0.4 is 0 Å². The minimum absolute atomic E-state index is 0. The molecule has 0 bridgehead atoms. The first kappa shape index (κ1) is 21.6. The first-order valence-electron chi connectivity index (χ1n) is 9.50. The zero-order chi connectivity index (χ0) is 19.4. The summed E-state index contributed by atoms with van der Waals surface area (Å²) in [6.45, 7) is 2.30. The highest BCUT2D eigenvalue weighted by atomic mass is 35.5. The van der Waals surface area contributed by atoms with E-state index in [0.29, 0.717) is 24.4 Å². The third-order valence-corrected chi connectivity index (χ3v) is 5.52. The summed E-state index contributed by atoms with van der Waals surface area (Å²) in [4.78, 5) is 2.29. The van der Waals surface area contributed by atoms with Crippen LogP contribution in [-0.2, 0) is 12.1 Å². The van der Waals surface area contributed by atoms with Crippen LogP contribution in [0.15, 0.2) is 65.2 Å². The van der Waals surface area contributed by atoms with E-state index in [2.05, 4.69) is 10.1 Å². The van der Waals surface area contributed by atoms with E-state index in [0.717, 1.165) is 35.7 Å². The molecule has 4 rings (SSSR count). The number of halogens is 2. The van der Waals surface area contributed by atoms with E-state index in [4.69, 9.17) is 16.1 Å². The second-order valence-electron chi connectivity index (χ2n) is 7.28. The lowest BCUT2D eigenvalue weighted by molar-refractivity contribution is -0.0292. The zero-order valence-electron chi connectivity index (χ0n) is 16.0. The molecule has 1 N–H and O–H groups in total. The van der Waals surface area contributed by atoms with Gasteiger partial charge in [0.2, 0.25) is 0 Å². The molecule has 0 amide bonds. The maximum atomic E-state index is 11.0. The van der Waals surface area contributed by atoms with Crippen molar-refractivity contribution in [3.63, 3.8) is 0 Å². The highest BCUT2D eigenvalue weighted by Crippen LogP contribution is 2.33. The third kappa shape index (κ3) is 5.49. The van der Waals surface area contributed by atoms with E-state index in [9.17, 15) is 5.11 Å². The normalized spacial score (nSPS) is 16.6. The predicted molar refractivity (Wildman–Crippen MR) is 119 cm³/mol. The first-order valence-corrected chi connectivity index (χ1v) is 9.88. The van der Waals surface area contributed by atoms with Gasteiger partial charge in [-0.2, -0.15) is 0 Å². The van der Waals surface area contributed by atoms with Crippen LogP contribution in [0, 0.1) is 0 Å². The Kier molecular flexibility index (Phi) is 7.14. The molecule has 2 aromatic carbocycles. The smallest absolute Gasteiger partial charge is 0.151 e. The lowest BCUT2D eigenvalue weighted by Gasteiger charge is -2.38. The molecular weight excluding hydrogens is 407 g/mol. The molecule has 152 valence electrons. The molecule has 0 spiro atoms. The Morgan fingerprint density at radius 3 is 2.41 bits per heavy atom. The van der Waals surface area contributed by atoms with E-state index in [1.807, 2.05) is 72.8 Å². The van der Waals surface area contributed by atoms with Gasteiger partial charge >= 0.3 is 0 Å². The quantitative estimate of drug-likeness (QED) is 0.588. The maximum absolute atomic E-state index is 11.0. The van der Waals surface area contributed by atoms with Gasteiger partial charge < -0.3 is 9.63 Å². The van der Waals surface area contributed by atoms with Crippen molar-refractivity contribution in [3.05, 3.63) is 88.3 Å². The number of likely N-dealkylation sites (tertiary alicyclic amines) is 1. The molecule has 1 fully saturated rings. The van der Waals surface area contributed by atoms with Crippen molar-refractivity contribution >= 4 is 36.2 Å². The van der Waals surface area contributed by atoms with E-state index >= 15 is 0 Å². The summed E-state index contributed by atoms with van der Waals surface area (Å²) < 4.78 is 5.49. The Balaban J connectivity index is 0.00000240. The van der Waals surface area contributed by atoms with Crippen molar-refractivity contribution in [1.82, 2.24) is 10.1 Å². The second-order valence-corrected chi connectivity index (χ2v) is 7.71. The Labute approximate surface area is 182 Å². The summed E-state index contributed by atoms with van der Waals surface area (Å²) in [5, 5.41) is 15.8. The van der Waals surface area contributed by atoms with Crippen LogP contribution in [0.5, 0.6) is 0 Å². The zero-order valence-corrected chi connectivity index (χ0v) is 17.6. The number of aromatic nitrogens is 1. The third-order valence-electron chi connectivity index (χ3n) is 5.27. The molecular formula is C23H24Cl2N2O2. The topological polar surface area (TPSA) is 49.5 Å². The van der Waals surface area contributed by atoms with Crippen LogP contribution in [0.2, 0.25) is 5.02 Å². The van der Waals surface area contributed by atoms with E-state index in [-0.39, 0.29) is 12.4 Å². The molecule has 0 atom stereocenters. The number of nitrogens with zero attached hydrogens (tertiary/aromatic N) is 2. The average molecular weight is 431 g/mol. The Hall–Kier alpha value is -2.11. The Morgan fingerprint density at radius 1 is 1.03 bits per heavy atom. The molecule has 1 aromatic heterocycles. The molecule has 0 saturated carbocycles. The van der Waals surface area contributed by atoms with E-state index in [1.165, 1.54) is 0 Å². The van der Waals surface area contributed by atoms with Crippen LogP contribution in [0.4, 0.5) is 0 Å². The molecule has 3 aromatic rings. The number of aliphatic hydroxyl groups is 1. The van der Waals surface area contributed by atoms with Gasteiger partial charge in [0, 0.05) is 24.2 Å². The summed E-state index contributed by atoms with van der Waals surface area (Å²) in [6, 6.07) is 19.6. The van der Waals surface area contributed by atoms with Crippen molar-refractivity contribution < 1.29 is 9.63 Å². The fourth-order valence-corrected chi connectivity index (χ4v) is 3.70. The molecule has 29 heavy (non-hydrogen) atoms. The molecule has 4 nitrogen and oxygen atoms in total. The fraction of sp³-hybridized carbons (Fsp3) is 0.261. The van der Waals surface area contributed by atoms with Crippen LogP contribution in [0.25, 0.3) is 12.2 Å². The molecule has 0 unspecified atom stereocenters. The van der Waals surface area contributed by atoms with Gasteiger partial charge in [-0.25, -0.2) is 0 Å². The minimum Gasteiger partial charge on any atom is -0.385 e. The van der Waals surface area contributed by atoms with Gasteiger partial charge in [-0.3, -0.25) is 4.90 Å². The molecule has 1 aliphatic heterocycles. The van der Waals surface area contributed by atoms with Crippen molar-refractivity contribution in [2.45, 2.75) is 25.0 Å². The lowest BCUT2D eigenvalue weighted by Crippen LogP contribution is -2.42. The predicted octanol–water partition coefficient (Wildman–Crippen LogP) is 5.40. The average Bonchev–Trinajstić information content (AvgIpc) is 3.17.